The molecule has 0 aliphatic carbocycles. The summed E-state index contributed by atoms with van der Waals surface area (Å²) in [5.41, 5.74) is 0.983. The predicted molar refractivity (Wildman–Crippen MR) is 93.1 cm³/mol. The summed E-state index contributed by atoms with van der Waals surface area (Å²) in [5, 5.41) is 0. The molecule has 1 atom stereocenters. The Morgan fingerprint density at radius 2 is 1.59 bits per heavy atom. The predicted octanol–water partition coefficient (Wildman–Crippen LogP) is 4.51. The van der Waals surface area contributed by atoms with E-state index in [9.17, 15) is 8.42 Å². The van der Waals surface area contributed by atoms with Crippen LogP contribution in [0.2, 0.25) is 0 Å². The van der Waals surface area contributed by atoms with Crippen molar-refractivity contribution in [3.8, 4) is 0 Å². The van der Waals surface area contributed by atoms with Crippen LogP contribution in [0.4, 0.5) is 0 Å². The molecule has 118 valence electrons. The highest BCUT2D eigenvalue weighted by Crippen LogP contribution is 2.24. The molecule has 1 N–H and O–H groups in total. The minimum Gasteiger partial charge on any atom is -0.207 e. The van der Waals surface area contributed by atoms with Crippen LogP contribution in [-0.4, -0.2) is 8.42 Å². The summed E-state index contributed by atoms with van der Waals surface area (Å²) in [6, 6.07) is 16.1. The average molecular weight is 382 g/mol. The van der Waals surface area contributed by atoms with Crippen molar-refractivity contribution in [1.29, 1.82) is 0 Å². The summed E-state index contributed by atoms with van der Waals surface area (Å²) < 4.78 is 28.9. The van der Waals surface area contributed by atoms with Gasteiger partial charge in [-0.15, -0.1) is 0 Å². The van der Waals surface area contributed by atoms with Gasteiger partial charge in [-0.2, -0.15) is 0 Å². The first-order valence-corrected chi connectivity index (χ1v) is 9.49. The molecule has 0 spiro atoms. The van der Waals surface area contributed by atoms with Gasteiger partial charge in [0.2, 0.25) is 10.0 Å². The standard InChI is InChI=1S/C17H20BrNO2S/c1-13(2)12-17(14-6-4-3-5-7-14)19-22(20,21)16-10-8-15(18)9-11-16/h3-11,13,17,19H,12H2,1-2H3/t17-/m0/s1. The number of nitrogens with one attached hydrogen (secondary N) is 1. The van der Waals surface area contributed by atoms with Crippen LogP contribution in [0.5, 0.6) is 0 Å². The molecule has 0 unspecified atom stereocenters. The van der Waals surface area contributed by atoms with Crippen molar-refractivity contribution in [3.63, 3.8) is 0 Å². The van der Waals surface area contributed by atoms with Gasteiger partial charge in [-0.1, -0.05) is 60.1 Å². The second-order valence-electron chi connectivity index (χ2n) is 5.67. The molecule has 0 amide bonds. The zero-order valence-corrected chi connectivity index (χ0v) is 15.1. The van der Waals surface area contributed by atoms with Gasteiger partial charge in [0.15, 0.2) is 0 Å². The van der Waals surface area contributed by atoms with Gasteiger partial charge in [0.25, 0.3) is 0 Å². The van der Waals surface area contributed by atoms with E-state index >= 15 is 0 Å². The minimum atomic E-state index is -3.54. The Morgan fingerprint density at radius 3 is 2.14 bits per heavy atom. The molecule has 2 aromatic carbocycles. The largest absolute Gasteiger partial charge is 0.241 e. The number of benzene rings is 2. The van der Waals surface area contributed by atoms with E-state index in [0.29, 0.717) is 5.92 Å². The van der Waals surface area contributed by atoms with Gasteiger partial charge >= 0.3 is 0 Å². The first-order chi connectivity index (χ1) is 10.4. The summed E-state index contributed by atoms with van der Waals surface area (Å²) in [6.45, 7) is 4.17. The van der Waals surface area contributed by atoms with Crippen LogP contribution < -0.4 is 4.72 Å². The summed E-state index contributed by atoms with van der Waals surface area (Å²) in [5.74, 6) is 0.387. The second kappa shape index (κ2) is 7.40. The molecule has 2 rings (SSSR count). The zero-order valence-electron chi connectivity index (χ0n) is 12.7. The Hall–Kier alpha value is -1.17. The molecule has 0 saturated heterocycles. The lowest BCUT2D eigenvalue weighted by Gasteiger charge is -2.21. The van der Waals surface area contributed by atoms with Crippen molar-refractivity contribution in [1.82, 2.24) is 4.72 Å². The maximum absolute atomic E-state index is 12.6. The zero-order chi connectivity index (χ0) is 16.2. The summed E-state index contributed by atoms with van der Waals surface area (Å²) in [6.07, 6.45) is 0.750. The molecule has 0 heterocycles. The van der Waals surface area contributed by atoms with Crippen molar-refractivity contribution < 1.29 is 8.42 Å². The average Bonchev–Trinajstić information content (AvgIpc) is 2.47. The highest BCUT2D eigenvalue weighted by atomic mass is 79.9. The van der Waals surface area contributed by atoms with Crippen LogP contribution in [0.1, 0.15) is 31.9 Å². The Kier molecular flexibility index (Phi) is 5.78. The first kappa shape index (κ1) is 17.2. The molecular weight excluding hydrogens is 362 g/mol. The smallest absolute Gasteiger partial charge is 0.207 e. The third kappa shape index (κ3) is 4.66. The lowest BCUT2D eigenvalue weighted by Crippen LogP contribution is -2.29. The van der Waals surface area contributed by atoms with Gasteiger partial charge in [0, 0.05) is 10.5 Å². The van der Waals surface area contributed by atoms with Crippen LogP contribution in [0.25, 0.3) is 0 Å². The van der Waals surface area contributed by atoms with E-state index < -0.39 is 10.0 Å². The molecule has 0 aromatic heterocycles. The normalized spacial score (nSPS) is 13.3. The molecular formula is C17H20BrNO2S. The van der Waals surface area contributed by atoms with E-state index in [1.54, 1.807) is 24.3 Å². The maximum atomic E-state index is 12.6. The number of hydrogen-bond acceptors (Lipinski definition) is 2. The molecule has 0 bridgehead atoms. The summed E-state index contributed by atoms with van der Waals surface area (Å²) >= 11 is 3.32. The Bertz CT molecular complexity index is 697. The van der Waals surface area contributed by atoms with Gasteiger partial charge in [0.05, 0.1) is 4.90 Å². The first-order valence-electron chi connectivity index (χ1n) is 7.21. The van der Waals surface area contributed by atoms with Gasteiger partial charge < -0.3 is 0 Å². The van der Waals surface area contributed by atoms with Crippen molar-refractivity contribution in [3.05, 3.63) is 64.6 Å². The number of rotatable bonds is 6. The monoisotopic (exact) mass is 381 g/mol. The molecule has 3 nitrogen and oxygen atoms in total. The molecule has 0 radical (unpaired) electrons. The van der Waals surface area contributed by atoms with E-state index in [1.165, 1.54) is 0 Å². The lowest BCUT2D eigenvalue weighted by molar-refractivity contribution is 0.472. The van der Waals surface area contributed by atoms with Crippen LogP contribution in [0.3, 0.4) is 0 Å². The van der Waals surface area contributed by atoms with E-state index in [2.05, 4.69) is 34.5 Å². The molecule has 0 saturated carbocycles. The highest BCUT2D eigenvalue weighted by Gasteiger charge is 2.22. The molecule has 0 aliphatic heterocycles. The Morgan fingerprint density at radius 1 is 1.00 bits per heavy atom. The molecule has 2 aromatic rings. The van der Waals surface area contributed by atoms with Gasteiger partial charge in [-0.05, 0) is 42.2 Å². The summed E-state index contributed by atoms with van der Waals surface area (Å²) in [4.78, 5) is 0.278. The van der Waals surface area contributed by atoms with Crippen molar-refractivity contribution in [2.75, 3.05) is 0 Å². The quantitative estimate of drug-likeness (QED) is 0.799. The lowest BCUT2D eigenvalue weighted by atomic mass is 9.98. The number of halogens is 1. The van der Waals surface area contributed by atoms with Gasteiger partial charge in [-0.25, -0.2) is 13.1 Å². The van der Waals surface area contributed by atoms with Crippen LogP contribution in [0, 0.1) is 5.92 Å². The fourth-order valence-electron chi connectivity index (χ4n) is 2.28. The van der Waals surface area contributed by atoms with Crippen LogP contribution in [0.15, 0.2) is 64.0 Å². The van der Waals surface area contributed by atoms with E-state index in [1.807, 2.05) is 30.3 Å². The molecule has 0 fully saturated rings. The van der Waals surface area contributed by atoms with Gasteiger partial charge in [-0.3, -0.25) is 0 Å². The third-order valence-corrected chi connectivity index (χ3v) is 5.35. The van der Waals surface area contributed by atoms with E-state index in [-0.39, 0.29) is 10.9 Å². The Balaban J connectivity index is 2.28. The third-order valence-electron chi connectivity index (χ3n) is 3.33. The second-order valence-corrected chi connectivity index (χ2v) is 8.30. The van der Waals surface area contributed by atoms with Crippen molar-refractivity contribution in [2.24, 2.45) is 5.92 Å². The number of hydrogen-bond donors (Lipinski definition) is 1. The molecule has 5 heteroatoms. The van der Waals surface area contributed by atoms with Crippen LogP contribution in [-0.2, 0) is 10.0 Å². The SMILES string of the molecule is CC(C)C[C@H](NS(=O)(=O)c1ccc(Br)cc1)c1ccccc1. The van der Waals surface area contributed by atoms with Crippen molar-refractivity contribution >= 4 is 26.0 Å². The van der Waals surface area contributed by atoms with E-state index in [0.717, 1.165) is 16.5 Å². The fourth-order valence-corrected chi connectivity index (χ4v) is 3.78. The van der Waals surface area contributed by atoms with Gasteiger partial charge in [0.1, 0.15) is 0 Å². The fraction of sp³-hybridized carbons (Fsp3) is 0.294. The topological polar surface area (TPSA) is 46.2 Å². The van der Waals surface area contributed by atoms with E-state index in [4.69, 9.17) is 0 Å². The number of sulfonamides is 1. The van der Waals surface area contributed by atoms with Crippen LogP contribution >= 0.6 is 15.9 Å². The highest BCUT2D eigenvalue weighted by molar-refractivity contribution is 9.10. The Labute approximate surface area is 140 Å². The van der Waals surface area contributed by atoms with Crippen molar-refractivity contribution in [2.45, 2.75) is 31.2 Å². The molecule has 22 heavy (non-hydrogen) atoms. The summed E-state index contributed by atoms with van der Waals surface area (Å²) in [7, 11) is -3.54. The molecule has 0 aliphatic rings. The maximum Gasteiger partial charge on any atom is 0.241 e. The minimum absolute atomic E-state index is 0.227.